The van der Waals surface area contributed by atoms with E-state index in [2.05, 4.69) is 32.6 Å². The molecule has 0 aromatic heterocycles. The topological polar surface area (TPSA) is 77.8 Å². The number of ketones is 1. The summed E-state index contributed by atoms with van der Waals surface area (Å²) in [5.74, 6) is 1.35. The third-order valence-electron chi connectivity index (χ3n) is 8.64. The Bertz CT molecular complexity index is 830. The van der Waals surface area contributed by atoms with Crippen LogP contribution < -0.4 is 0 Å². The predicted molar refractivity (Wildman–Crippen MR) is 122 cm³/mol. The van der Waals surface area contributed by atoms with Crippen molar-refractivity contribution >= 4 is 5.78 Å². The van der Waals surface area contributed by atoms with Crippen molar-refractivity contribution < 1.29 is 20.1 Å². The highest BCUT2D eigenvalue weighted by Gasteiger charge is 2.51. The van der Waals surface area contributed by atoms with E-state index in [1.807, 2.05) is 0 Å². The third kappa shape index (κ3) is 4.47. The first-order chi connectivity index (χ1) is 14.7. The standard InChI is InChI=1S/C27H38O4/c1-16-20(13-21(28)14-24(16)29)9-6-18-5-4-12-27(3)22(10-11-23(18)27)17(2)25(30)15-26(31)19-7-8-19/h6,9,15,17,19,21-24,28-30H,1,4-5,7-8,10-14H2,2-3H3/b18-6+,20-9-,25-15-/t17?,21-,22-,23?,24+,27-/m1/s1. The van der Waals surface area contributed by atoms with Gasteiger partial charge < -0.3 is 15.3 Å². The number of rotatable bonds is 5. The second-order valence-electron chi connectivity index (χ2n) is 10.7. The van der Waals surface area contributed by atoms with Gasteiger partial charge in [0.05, 0.1) is 18.0 Å². The molecule has 0 aromatic carbocycles. The van der Waals surface area contributed by atoms with E-state index < -0.39 is 12.2 Å². The smallest absolute Gasteiger partial charge is 0.162 e. The molecular formula is C27H38O4. The number of fused-ring (bicyclic) bond motifs is 1. The van der Waals surface area contributed by atoms with Crippen LogP contribution in [0.3, 0.4) is 0 Å². The Kier molecular flexibility index (Phi) is 6.33. The number of hydrogen-bond acceptors (Lipinski definition) is 4. The zero-order valence-electron chi connectivity index (χ0n) is 19.0. The van der Waals surface area contributed by atoms with E-state index in [1.165, 1.54) is 11.6 Å². The molecule has 4 heteroatoms. The minimum Gasteiger partial charge on any atom is -0.512 e. The summed E-state index contributed by atoms with van der Waals surface area (Å²) in [6.45, 7) is 8.48. The minimum absolute atomic E-state index is 0.00109. The molecule has 0 spiro atoms. The molecular weight excluding hydrogens is 388 g/mol. The van der Waals surface area contributed by atoms with Crippen LogP contribution in [-0.2, 0) is 4.79 Å². The Labute approximate surface area is 186 Å². The second-order valence-corrected chi connectivity index (χ2v) is 10.7. The van der Waals surface area contributed by atoms with Gasteiger partial charge in [-0.15, -0.1) is 0 Å². The monoisotopic (exact) mass is 426 g/mol. The normalized spacial score (nSPS) is 40.3. The van der Waals surface area contributed by atoms with Gasteiger partial charge in [-0.1, -0.05) is 38.2 Å². The van der Waals surface area contributed by atoms with E-state index in [4.69, 9.17) is 0 Å². The average Bonchev–Trinajstić information content (AvgIpc) is 3.51. The van der Waals surface area contributed by atoms with Crippen LogP contribution in [-0.4, -0.2) is 33.3 Å². The first kappa shape index (κ1) is 22.5. The summed E-state index contributed by atoms with van der Waals surface area (Å²) in [5, 5.41) is 30.9. The predicted octanol–water partition coefficient (Wildman–Crippen LogP) is 5.18. The molecule has 0 saturated heterocycles. The van der Waals surface area contributed by atoms with Crippen molar-refractivity contribution in [2.75, 3.05) is 0 Å². The van der Waals surface area contributed by atoms with Crippen molar-refractivity contribution in [3.8, 4) is 0 Å². The average molecular weight is 427 g/mol. The van der Waals surface area contributed by atoms with Crippen LogP contribution >= 0.6 is 0 Å². The van der Waals surface area contributed by atoms with Crippen molar-refractivity contribution in [1.29, 1.82) is 0 Å². The van der Waals surface area contributed by atoms with Gasteiger partial charge in [-0.25, -0.2) is 0 Å². The third-order valence-corrected chi connectivity index (χ3v) is 8.64. The van der Waals surface area contributed by atoms with Crippen LogP contribution in [0.25, 0.3) is 0 Å². The fourth-order valence-corrected chi connectivity index (χ4v) is 6.53. The Hall–Kier alpha value is -1.65. The molecule has 0 aliphatic heterocycles. The van der Waals surface area contributed by atoms with Crippen LogP contribution in [0.2, 0.25) is 0 Å². The Balaban J connectivity index is 1.52. The lowest BCUT2D eigenvalue weighted by molar-refractivity contribution is -0.115. The van der Waals surface area contributed by atoms with Gasteiger partial charge in [0.25, 0.3) is 0 Å². The maximum absolute atomic E-state index is 12.2. The Morgan fingerprint density at radius 3 is 2.65 bits per heavy atom. The van der Waals surface area contributed by atoms with Gasteiger partial charge in [0.1, 0.15) is 0 Å². The molecule has 0 amide bonds. The first-order valence-electron chi connectivity index (χ1n) is 12.1. The molecule has 6 atom stereocenters. The lowest BCUT2D eigenvalue weighted by atomic mass is 9.61. The highest BCUT2D eigenvalue weighted by atomic mass is 16.3. The van der Waals surface area contributed by atoms with E-state index >= 15 is 0 Å². The number of aliphatic hydroxyl groups is 3. The summed E-state index contributed by atoms with van der Waals surface area (Å²) in [5.41, 5.74) is 3.24. The Morgan fingerprint density at radius 2 is 1.94 bits per heavy atom. The van der Waals surface area contributed by atoms with E-state index in [-0.39, 0.29) is 28.8 Å². The lowest BCUT2D eigenvalue weighted by Gasteiger charge is -2.44. The summed E-state index contributed by atoms with van der Waals surface area (Å²) >= 11 is 0. The van der Waals surface area contributed by atoms with E-state index in [1.54, 1.807) is 0 Å². The fourth-order valence-electron chi connectivity index (χ4n) is 6.53. The maximum atomic E-state index is 12.2. The van der Waals surface area contributed by atoms with E-state index in [0.717, 1.165) is 56.1 Å². The molecule has 31 heavy (non-hydrogen) atoms. The van der Waals surface area contributed by atoms with Crippen LogP contribution in [0.15, 0.2) is 47.3 Å². The molecule has 4 saturated carbocycles. The van der Waals surface area contributed by atoms with Gasteiger partial charge in [0.2, 0.25) is 0 Å². The highest BCUT2D eigenvalue weighted by Crippen LogP contribution is 2.60. The quantitative estimate of drug-likeness (QED) is 0.418. The zero-order valence-corrected chi connectivity index (χ0v) is 19.0. The minimum atomic E-state index is -0.658. The molecule has 4 fully saturated rings. The van der Waals surface area contributed by atoms with Crippen molar-refractivity contribution in [3.05, 3.63) is 47.3 Å². The molecule has 0 heterocycles. The number of aliphatic hydroxyl groups excluding tert-OH is 3. The second kappa shape index (κ2) is 8.71. The van der Waals surface area contributed by atoms with Crippen molar-refractivity contribution in [2.45, 2.75) is 83.8 Å². The highest BCUT2D eigenvalue weighted by molar-refractivity contribution is 5.93. The van der Waals surface area contributed by atoms with Gasteiger partial charge in [-0.05, 0) is 79.8 Å². The number of carbonyl (C=O) groups is 1. The molecule has 4 rings (SSSR count). The molecule has 4 aliphatic rings. The lowest BCUT2D eigenvalue weighted by Crippen LogP contribution is -2.36. The summed E-state index contributed by atoms with van der Waals surface area (Å²) in [7, 11) is 0. The number of hydrogen-bond donors (Lipinski definition) is 3. The van der Waals surface area contributed by atoms with Crippen LogP contribution in [0.1, 0.15) is 71.6 Å². The Morgan fingerprint density at radius 1 is 1.19 bits per heavy atom. The first-order valence-corrected chi connectivity index (χ1v) is 12.1. The molecule has 0 radical (unpaired) electrons. The SMILES string of the molecule is C=C1/C(=C\C=C2/CCC[C@@]3(C)C2CC[C@@H]3C(C)/C(O)=C/C(=O)C2CC2)C[C@@H](O)C[C@@H]1O. The van der Waals surface area contributed by atoms with Crippen LogP contribution in [0.4, 0.5) is 0 Å². The number of carbonyl (C=O) groups excluding carboxylic acids is 1. The fraction of sp³-hybridized carbons (Fsp3) is 0.667. The van der Waals surface area contributed by atoms with Crippen molar-refractivity contribution in [3.63, 3.8) is 0 Å². The van der Waals surface area contributed by atoms with Crippen LogP contribution in [0.5, 0.6) is 0 Å². The maximum Gasteiger partial charge on any atom is 0.162 e. The van der Waals surface area contributed by atoms with Gasteiger partial charge in [0, 0.05) is 24.3 Å². The van der Waals surface area contributed by atoms with E-state index in [0.29, 0.717) is 24.7 Å². The molecule has 4 nitrogen and oxygen atoms in total. The molecule has 170 valence electrons. The summed E-state index contributed by atoms with van der Waals surface area (Å²) < 4.78 is 0. The van der Waals surface area contributed by atoms with Gasteiger partial charge in [-0.2, -0.15) is 0 Å². The van der Waals surface area contributed by atoms with E-state index in [9.17, 15) is 20.1 Å². The van der Waals surface area contributed by atoms with Gasteiger partial charge in [-0.3, -0.25) is 4.79 Å². The molecule has 4 aliphatic carbocycles. The molecule has 0 bridgehead atoms. The van der Waals surface area contributed by atoms with Crippen LogP contribution in [0, 0.1) is 29.1 Å². The van der Waals surface area contributed by atoms with Crippen molar-refractivity contribution in [2.24, 2.45) is 29.1 Å². The van der Waals surface area contributed by atoms with Gasteiger partial charge >= 0.3 is 0 Å². The number of allylic oxidation sites excluding steroid dienone is 5. The van der Waals surface area contributed by atoms with Gasteiger partial charge in [0.15, 0.2) is 5.78 Å². The molecule has 0 aromatic rings. The summed E-state index contributed by atoms with van der Waals surface area (Å²) in [6.07, 6.45) is 13.0. The van der Waals surface area contributed by atoms with Crippen molar-refractivity contribution in [1.82, 2.24) is 0 Å². The zero-order chi connectivity index (χ0) is 22.3. The largest absolute Gasteiger partial charge is 0.512 e. The molecule has 2 unspecified atom stereocenters. The summed E-state index contributed by atoms with van der Waals surface area (Å²) in [6, 6.07) is 0. The summed E-state index contributed by atoms with van der Waals surface area (Å²) in [4.78, 5) is 12.2. The molecule has 3 N–H and O–H groups in total.